The van der Waals surface area contributed by atoms with E-state index in [-0.39, 0.29) is 33.9 Å². The Bertz CT molecular complexity index is 2630. The van der Waals surface area contributed by atoms with E-state index in [1.54, 1.807) is 0 Å². The Morgan fingerprint density at radius 3 is 1.74 bits per heavy atom. The van der Waals surface area contributed by atoms with Crippen molar-refractivity contribution in [2.75, 3.05) is 14.7 Å². The molecule has 6 aromatic rings. The fourth-order valence-electron chi connectivity index (χ4n) is 11.8. The zero-order valence-corrected chi connectivity index (χ0v) is 36.5. The lowest BCUT2D eigenvalue weighted by Crippen LogP contribution is -2.61. The van der Waals surface area contributed by atoms with E-state index in [1.807, 2.05) is 0 Å². The summed E-state index contributed by atoms with van der Waals surface area (Å²) in [6, 6.07) is 49.1. The molecule has 3 aliphatic heterocycles. The predicted molar refractivity (Wildman–Crippen MR) is 250 cm³/mol. The van der Waals surface area contributed by atoms with Gasteiger partial charge >= 0.3 is 0 Å². The molecule has 0 N–H and O–H groups in total. The van der Waals surface area contributed by atoms with Crippen LogP contribution < -0.4 is 31.1 Å². The fourth-order valence-corrected chi connectivity index (χ4v) is 11.8. The Hall–Kier alpha value is -5.22. The quantitative estimate of drug-likeness (QED) is 0.166. The van der Waals surface area contributed by atoms with Crippen LogP contribution in [0, 0.1) is 12.3 Å². The van der Waals surface area contributed by atoms with Crippen molar-refractivity contribution < 1.29 is 0 Å². The van der Waals surface area contributed by atoms with Crippen molar-refractivity contribution in [2.45, 2.75) is 111 Å². The van der Waals surface area contributed by atoms with E-state index in [2.05, 4.69) is 218 Å². The Morgan fingerprint density at radius 2 is 1.07 bits per heavy atom. The van der Waals surface area contributed by atoms with E-state index in [0.717, 1.165) is 12.8 Å². The molecule has 6 aromatic carbocycles. The second kappa shape index (κ2) is 12.2. The molecule has 0 saturated heterocycles. The zero-order valence-electron chi connectivity index (χ0n) is 36.5. The lowest BCUT2D eigenvalue weighted by Gasteiger charge is -2.46. The highest BCUT2D eigenvalue weighted by Gasteiger charge is 2.64. The van der Waals surface area contributed by atoms with Crippen LogP contribution in [0.4, 0.5) is 45.5 Å². The molecule has 2 unspecified atom stereocenters. The molecule has 0 amide bonds. The van der Waals surface area contributed by atoms with Crippen molar-refractivity contribution in [3.63, 3.8) is 0 Å². The Labute approximate surface area is 347 Å². The molecular weight excluding hydrogens is 701 g/mol. The van der Waals surface area contributed by atoms with Crippen molar-refractivity contribution in [1.29, 1.82) is 0 Å². The van der Waals surface area contributed by atoms with E-state index >= 15 is 0 Å². The van der Waals surface area contributed by atoms with E-state index < -0.39 is 0 Å². The molecule has 4 heteroatoms. The van der Waals surface area contributed by atoms with Gasteiger partial charge in [-0.25, -0.2) is 0 Å². The summed E-state index contributed by atoms with van der Waals surface area (Å²) in [5, 5.41) is 0. The lowest BCUT2D eigenvalue weighted by molar-refractivity contribution is 0.330. The summed E-state index contributed by atoms with van der Waals surface area (Å²) in [6.45, 7) is 26.4. The van der Waals surface area contributed by atoms with Crippen molar-refractivity contribution in [1.82, 2.24) is 0 Å². The van der Waals surface area contributed by atoms with Gasteiger partial charge in [-0.05, 0) is 142 Å². The third-order valence-corrected chi connectivity index (χ3v) is 14.4. The van der Waals surface area contributed by atoms with Crippen LogP contribution in [-0.2, 0) is 16.2 Å². The Morgan fingerprint density at radius 1 is 0.500 bits per heavy atom. The van der Waals surface area contributed by atoms with Crippen LogP contribution in [0.25, 0.3) is 0 Å². The maximum absolute atomic E-state index is 2.76. The van der Waals surface area contributed by atoms with Gasteiger partial charge in [0.2, 0.25) is 0 Å². The lowest BCUT2D eigenvalue weighted by atomic mass is 9.33. The smallest absolute Gasteiger partial charge is 0.252 e. The van der Waals surface area contributed by atoms with Crippen molar-refractivity contribution >= 4 is 68.6 Å². The number of rotatable bonds is 3. The van der Waals surface area contributed by atoms with Crippen LogP contribution in [0.5, 0.6) is 0 Å². The molecule has 10 rings (SSSR count). The van der Waals surface area contributed by atoms with Crippen molar-refractivity contribution in [3.05, 3.63) is 150 Å². The van der Waals surface area contributed by atoms with Gasteiger partial charge in [0.25, 0.3) is 6.71 Å². The largest absolute Gasteiger partial charge is 0.334 e. The van der Waals surface area contributed by atoms with Gasteiger partial charge in [0.05, 0.1) is 5.54 Å². The normalized spacial score (nSPS) is 21.4. The van der Waals surface area contributed by atoms with Crippen LogP contribution in [0.15, 0.2) is 127 Å². The summed E-state index contributed by atoms with van der Waals surface area (Å²) in [5.74, 6) is 0. The first kappa shape index (κ1) is 37.1. The summed E-state index contributed by atoms with van der Waals surface area (Å²) in [6.07, 6.45) is 2.29. The van der Waals surface area contributed by atoms with E-state index in [4.69, 9.17) is 0 Å². The SMILES string of the molecule is Cc1cc2c3c(c1)N(c1ccc(C(C)(C)C)cc1)c1cc(N4c5ccc(C(C)(C)C)cc5C5(C)CC(C)(C)CC45C)ccc1B3c1ccccc1N2c1ccccc1. The molecule has 0 aromatic heterocycles. The van der Waals surface area contributed by atoms with Crippen LogP contribution in [0.2, 0.25) is 0 Å². The maximum Gasteiger partial charge on any atom is 0.252 e. The van der Waals surface area contributed by atoms with Crippen LogP contribution in [0.1, 0.15) is 104 Å². The van der Waals surface area contributed by atoms with Crippen LogP contribution in [0.3, 0.4) is 0 Å². The van der Waals surface area contributed by atoms with Gasteiger partial charge in [0.1, 0.15) is 0 Å². The van der Waals surface area contributed by atoms with Gasteiger partial charge < -0.3 is 14.7 Å². The number of nitrogens with zero attached hydrogens (tertiary/aromatic N) is 3. The van der Waals surface area contributed by atoms with Crippen LogP contribution in [-0.4, -0.2) is 12.3 Å². The summed E-state index contributed by atoms with van der Waals surface area (Å²) >= 11 is 0. The first-order valence-corrected chi connectivity index (χ1v) is 21.5. The van der Waals surface area contributed by atoms with Gasteiger partial charge in [-0.15, -0.1) is 0 Å². The fraction of sp³-hybridized carbons (Fsp3) is 0.333. The van der Waals surface area contributed by atoms with Gasteiger partial charge in [-0.1, -0.05) is 129 Å². The Balaban J connectivity index is 1.24. The number of para-hydroxylation sites is 2. The number of hydrogen-bond donors (Lipinski definition) is 0. The second-order valence-electron chi connectivity index (χ2n) is 21.2. The number of aryl methyl sites for hydroxylation is 1. The van der Waals surface area contributed by atoms with Crippen molar-refractivity contribution in [3.8, 4) is 0 Å². The third kappa shape index (κ3) is 5.25. The molecule has 3 nitrogen and oxygen atoms in total. The number of fused-ring (bicyclic) bond motifs is 7. The molecule has 0 spiro atoms. The molecule has 3 heterocycles. The summed E-state index contributed by atoms with van der Waals surface area (Å²) in [7, 11) is 0. The maximum atomic E-state index is 2.76. The highest BCUT2D eigenvalue weighted by atomic mass is 15.3. The van der Waals surface area contributed by atoms with E-state index in [9.17, 15) is 0 Å². The molecule has 292 valence electrons. The second-order valence-corrected chi connectivity index (χ2v) is 21.2. The molecular formula is C54H58BN3. The first-order valence-electron chi connectivity index (χ1n) is 21.5. The first-order chi connectivity index (χ1) is 27.4. The van der Waals surface area contributed by atoms with Gasteiger partial charge in [-0.3, -0.25) is 0 Å². The molecule has 0 radical (unpaired) electrons. The molecule has 1 aliphatic carbocycles. The Kier molecular flexibility index (Phi) is 7.78. The topological polar surface area (TPSA) is 9.72 Å². The predicted octanol–water partition coefficient (Wildman–Crippen LogP) is 12.7. The number of benzene rings is 6. The average molecular weight is 760 g/mol. The van der Waals surface area contributed by atoms with E-state index in [0.29, 0.717) is 0 Å². The summed E-state index contributed by atoms with van der Waals surface area (Å²) < 4.78 is 0. The molecule has 0 bridgehead atoms. The molecule has 58 heavy (non-hydrogen) atoms. The summed E-state index contributed by atoms with van der Waals surface area (Å²) in [4.78, 5) is 7.84. The third-order valence-electron chi connectivity index (χ3n) is 14.4. The van der Waals surface area contributed by atoms with Gasteiger partial charge in [0.15, 0.2) is 0 Å². The minimum Gasteiger partial charge on any atom is -0.334 e. The zero-order chi connectivity index (χ0) is 40.7. The number of anilines is 8. The molecule has 1 saturated carbocycles. The molecule has 2 atom stereocenters. The monoisotopic (exact) mass is 759 g/mol. The summed E-state index contributed by atoms with van der Waals surface area (Å²) in [5.41, 5.74) is 19.9. The molecule has 4 aliphatic rings. The average Bonchev–Trinajstić information content (AvgIpc) is 3.47. The van der Waals surface area contributed by atoms with E-state index in [1.165, 1.54) is 84.1 Å². The standard InChI is InChI=1S/C54H58BN3/c1-35-29-47-49-48(30-35)57(39-24-21-36(22-25-39)50(2,3)4)46-32-40(26-27-43(46)55(49)42-19-15-16-20-45(42)56(47)38-17-13-12-14-18-38)58-44-28-23-37(51(5,6)7)31-41(44)53(10)33-52(8,9)34-54(53,58)11/h12-32H,33-34H2,1-11H3. The minimum atomic E-state index is -0.0906. The highest BCUT2D eigenvalue weighted by Crippen LogP contribution is 2.67. The highest BCUT2D eigenvalue weighted by molar-refractivity contribution is 7.00. The number of hydrogen-bond acceptors (Lipinski definition) is 3. The van der Waals surface area contributed by atoms with Crippen LogP contribution >= 0.6 is 0 Å². The van der Waals surface area contributed by atoms with Gasteiger partial charge in [0, 0.05) is 50.9 Å². The minimum absolute atomic E-state index is 0.00723. The van der Waals surface area contributed by atoms with Crippen molar-refractivity contribution in [2.24, 2.45) is 5.41 Å². The van der Waals surface area contributed by atoms with Gasteiger partial charge in [-0.2, -0.15) is 0 Å². The molecule has 1 fully saturated rings.